The number of benzene rings is 2. The Hall–Kier alpha value is -4.18. The number of aromatic nitrogens is 1. The predicted molar refractivity (Wildman–Crippen MR) is 169 cm³/mol. The molecule has 0 saturated heterocycles. The fourth-order valence-corrected chi connectivity index (χ4v) is 6.10. The highest BCUT2D eigenvalue weighted by Gasteiger charge is 2.31. The molecule has 0 saturated carbocycles. The summed E-state index contributed by atoms with van der Waals surface area (Å²) in [6.07, 6.45) is 6.71. The van der Waals surface area contributed by atoms with Crippen LogP contribution in [-0.4, -0.2) is 52.6 Å². The number of ether oxygens (including phenoxy) is 2. The summed E-state index contributed by atoms with van der Waals surface area (Å²) >= 11 is 1.54. The predicted octanol–water partition coefficient (Wildman–Crippen LogP) is 6.23. The zero-order chi connectivity index (χ0) is 31.6. The Bertz CT molecular complexity index is 1500. The number of thiazole rings is 1. The molecule has 9 nitrogen and oxygen atoms in total. The smallest absolute Gasteiger partial charge is 0.342 e. The molecule has 4 rings (SSSR count). The van der Waals surface area contributed by atoms with E-state index in [0.717, 1.165) is 10.7 Å². The second kappa shape index (κ2) is 15.5. The first-order valence-corrected chi connectivity index (χ1v) is 15.8. The number of cyclic esters (lactones) is 1. The van der Waals surface area contributed by atoms with Gasteiger partial charge in [-0.15, -0.1) is 11.3 Å². The van der Waals surface area contributed by atoms with Gasteiger partial charge in [-0.3, -0.25) is 9.59 Å². The summed E-state index contributed by atoms with van der Waals surface area (Å²) < 4.78 is 11.0. The minimum absolute atomic E-state index is 0.0596. The van der Waals surface area contributed by atoms with Crippen LogP contribution in [0.25, 0.3) is 6.08 Å². The summed E-state index contributed by atoms with van der Waals surface area (Å²) in [7, 11) is 1.55. The van der Waals surface area contributed by atoms with Crippen LogP contribution in [0.4, 0.5) is 0 Å². The van der Waals surface area contributed by atoms with Gasteiger partial charge in [0, 0.05) is 54.8 Å². The molecule has 1 amide bonds. The fraction of sp³-hybridized carbons (Fsp3) is 0.412. The van der Waals surface area contributed by atoms with Gasteiger partial charge in [0.2, 0.25) is 5.91 Å². The molecule has 234 valence electrons. The monoisotopic (exact) mass is 620 g/mol. The van der Waals surface area contributed by atoms with Crippen LogP contribution in [0.5, 0.6) is 17.2 Å². The van der Waals surface area contributed by atoms with Crippen molar-refractivity contribution in [3.8, 4) is 17.2 Å². The summed E-state index contributed by atoms with van der Waals surface area (Å²) in [5.41, 5.74) is 1.85. The number of phenols is 2. The molecule has 1 aromatic heterocycles. The van der Waals surface area contributed by atoms with E-state index in [2.05, 4.69) is 10.3 Å². The number of carbonyl (C=O) groups is 3. The molecule has 2 atom stereocenters. The lowest BCUT2D eigenvalue weighted by Gasteiger charge is -2.23. The first kappa shape index (κ1) is 32.7. The van der Waals surface area contributed by atoms with Gasteiger partial charge in [-0.25, -0.2) is 9.78 Å². The highest BCUT2D eigenvalue weighted by Crippen LogP contribution is 2.44. The third kappa shape index (κ3) is 8.69. The normalized spacial score (nSPS) is 16.8. The number of Topliss-reactive ketones (excluding diaryl/α,β-unsaturated/α-hetero) is 1. The number of esters is 1. The Morgan fingerprint density at radius 3 is 2.64 bits per heavy atom. The minimum Gasteiger partial charge on any atom is -0.507 e. The number of carbonyl (C=O) groups excluding carboxylic acids is 3. The zero-order valence-electron chi connectivity index (χ0n) is 25.4. The molecule has 2 heterocycles. The van der Waals surface area contributed by atoms with E-state index in [-0.39, 0.29) is 35.0 Å². The van der Waals surface area contributed by atoms with Crippen molar-refractivity contribution in [1.82, 2.24) is 10.3 Å². The standard InChI is InChI=1S/C34H40N2O7S/c1-21-20-44-30(36-21)16-17-35-29(39)19-27(23-12-14-26(42-3)15-13-23)32-28(38)18-24-9-5-4-6-10-25(37)11-7-8-22(2)43-34(41)31(24)33(32)40/h5,9,12-15,18,20,22,27,38,40H,4,6-8,10-11,16-17,19H2,1-3H3,(H,35,39)/t22-,27?/m0/s1. The van der Waals surface area contributed by atoms with Gasteiger partial charge in [-0.1, -0.05) is 24.3 Å². The van der Waals surface area contributed by atoms with Crippen LogP contribution in [0.1, 0.15) is 95.5 Å². The largest absolute Gasteiger partial charge is 0.507 e. The highest BCUT2D eigenvalue weighted by molar-refractivity contribution is 7.09. The van der Waals surface area contributed by atoms with Crippen LogP contribution < -0.4 is 10.1 Å². The van der Waals surface area contributed by atoms with Crippen molar-refractivity contribution < 1.29 is 34.1 Å². The number of aromatic hydroxyl groups is 2. The molecule has 0 spiro atoms. The number of fused-ring (bicyclic) bond motifs is 1. The van der Waals surface area contributed by atoms with E-state index in [1.54, 1.807) is 44.4 Å². The Balaban J connectivity index is 1.70. The zero-order valence-corrected chi connectivity index (χ0v) is 26.2. The number of phenolic OH excluding ortho intramolecular Hbond substituents is 2. The molecule has 1 aliphatic heterocycles. The third-order valence-corrected chi connectivity index (χ3v) is 8.66. The SMILES string of the molecule is COc1ccc(C(CC(=O)NCCc2nc(C)cs2)c2c(O)cc3c(c2O)C(=O)O[C@@H](C)CCCC(=O)CCCC=C3)cc1. The van der Waals surface area contributed by atoms with E-state index < -0.39 is 23.7 Å². The summed E-state index contributed by atoms with van der Waals surface area (Å²) in [5, 5.41) is 28.8. The second-order valence-corrected chi connectivity index (χ2v) is 12.0. The molecule has 44 heavy (non-hydrogen) atoms. The lowest BCUT2D eigenvalue weighted by molar-refractivity contribution is -0.121. The number of rotatable bonds is 8. The molecular weight excluding hydrogens is 580 g/mol. The maximum Gasteiger partial charge on any atom is 0.342 e. The summed E-state index contributed by atoms with van der Waals surface area (Å²) in [4.78, 5) is 43.3. The highest BCUT2D eigenvalue weighted by atomic mass is 32.1. The average Bonchev–Trinajstić information content (AvgIpc) is 3.40. The van der Waals surface area contributed by atoms with Crippen molar-refractivity contribution in [2.45, 2.75) is 77.2 Å². The van der Waals surface area contributed by atoms with E-state index in [1.807, 2.05) is 18.4 Å². The number of hydrogen-bond acceptors (Lipinski definition) is 9. The third-order valence-electron chi connectivity index (χ3n) is 7.63. The van der Waals surface area contributed by atoms with Crippen LogP contribution in [0.3, 0.4) is 0 Å². The molecule has 1 unspecified atom stereocenters. The number of nitrogens with one attached hydrogen (secondary N) is 1. The summed E-state index contributed by atoms with van der Waals surface area (Å²) in [6.45, 7) is 4.05. The topological polar surface area (TPSA) is 135 Å². The lowest BCUT2D eigenvalue weighted by Crippen LogP contribution is -2.27. The van der Waals surface area contributed by atoms with Gasteiger partial charge >= 0.3 is 5.97 Å². The number of ketones is 1. The maximum atomic E-state index is 13.5. The van der Waals surface area contributed by atoms with Crippen molar-refractivity contribution >= 4 is 35.1 Å². The van der Waals surface area contributed by atoms with Crippen molar-refractivity contribution in [2.75, 3.05) is 13.7 Å². The van der Waals surface area contributed by atoms with Crippen molar-refractivity contribution in [3.63, 3.8) is 0 Å². The fourth-order valence-electron chi connectivity index (χ4n) is 5.33. The van der Waals surface area contributed by atoms with Crippen LogP contribution in [-0.2, 0) is 20.7 Å². The number of nitrogens with zero attached hydrogens (tertiary/aromatic N) is 1. The maximum absolute atomic E-state index is 13.5. The van der Waals surface area contributed by atoms with E-state index in [1.165, 1.54) is 17.4 Å². The minimum atomic E-state index is -0.790. The van der Waals surface area contributed by atoms with E-state index in [9.17, 15) is 24.6 Å². The van der Waals surface area contributed by atoms with E-state index in [4.69, 9.17) is 9.47 Å². The van der Waals surface area contributed by atoms with Crippen LogP contribution in [0.2, 0.25) is 0 Å². The molecular formula is C34H40N2O7S. The first-order valence-electron chi connectivity index (χ1n) is 15.0. The number of aryl methyl sites for hydroxylation is 1. The van der Waals surface area contributed by atoms with Gasteiger partial charge in [0.25, 0.3) is 0 Å². The first-order chi connectivity index (χ1) is 21.2. The summed E-state index contributed by atoms with van der Waals surface area (Å²) in [6, 6.07) is 8.43. The molecule has 10 heteroatoms. The number of methoxy groups -OCH3 is 1. The van der Waals surface area contributed by atoms with Gasteiger partial charge in [0.15, 0.2) is 0 Å². The van der Waals surface area contributed by atoms with E-state index in [0.29, 0.717) is 68.4 Å². The molecule has 0 aliphatic carbocycles. The molecule has 0 radical (unpaired) electrons. The van der Waals surface area contributed by atoms with Crippen LogP contribution >= 0.6 is 11.3 Å². The summed E-state index contributed by atoms with van der Waals surface area (Å²) in [5.74, 6) is -1.72. The molecule has 3 N–H and O–H groups in total. The van der Waals surface area contributed by atoms with Crippen LogP contribution in [0.15, 0.2) is 41.8 Å². The number of amides is 1. The quantitative estimate of drug-likeness (QED) is 0.252. The second-order valence-electron chi connectivity index (χ2n) is 11.1. The van der Waals surface area contributed by atoms with E-state index >= 15 is 0 Å². The van der Waals surface area contributed by atoms with Gasteiger partial charge in [0.1, 0.15) is 28.6 Å². The van der Waals surface area contributed by atoms with Crippen molar-refractivity contribution in [3.05, 3.63) is 74.7 Å². The van der Waals surface area contributed by atoms with Gasteiger partial charge in [0.05, 0.1) is 18.2 Å². The van der Waals surface area contributed by atoms with Gasteiger partial charge < -0.3 is 25.0 Å². The Morgan fingerprint density at radius 1 is 1.18 bits per heavy atom. The Morgan fingerprint density at radius 2 is 1.93 bits per heavy atom. The van der Waals surface area contributed by atoms with Crippen molar-refractivity contribution in [2.24, 2.45) is 0 Å². The molecule has 0 fully saturated rings. The Labute approximate surface area is 261 Å². The number of allylic oxidation sites excluding steroid dienone is 1. The molecule has 1 aliphatic rings. The average molecular weight is 621 g/mol. The lowest BCUT2D eigenvalue weighted by atomic mass is 9.84. The van der Waals surface area contributed by atoms with Crippen LogP contribution in [0, 0.1) is 6.92 Å². The van der Waals surface area contributed by atoms with Gasteiger partial charge in [-0.05, 0) is 68.9 Å². The Kier molecular flexibility index (Phi) is 11.5. The molecule has 0 bridgehead atoms. The molecule has 2 aromatic carbocycles. The number of hydrogen-bond donors (Lipinski definition) is 3. The van der Waals surface area contributed by atoms with Crippen molar-refractivity contribution in [1.29, 1.82) is 0 Å². The van der Waals surface area contributed by atoms with Gasteiger partial charge in [-0.2, -0.15) is 0 Å². The molecule has 3 aromatic rings.